The smallest absolute Gasteiger partial charge is 0.268 e. The molecule has 0 aliphatic carbocycles. The van der Waals surface area contributed by atoms with Gasteiger partial charge in [0.25, 0.3) is 5.91 Å². The summed E-state index contributed by atoms with van der Waals surface area (Å²) in [5.74, 6) is -0.234. The Morgan fingerprint density at radius 1 is 1.06 bits per heavy atom. The molecule has 3 heterocycles. The van der Waals surface area contributed by atoms with Crippen molar-refractivity contribution in [2.24, 2.45) is 7.05 Å². The van der Waals surface area contributed by atoms with E-state index in [0.717, 1.165) is 52.0 Å². The van der Waals surface area contributed by atoms with Crippen LogP contribution in [0.15, 0.2) is 41.4 Å². The van der Waals surface area contributed by atoms with Gasteiger partial charge in [0.05, 0.1) is 0 Å². The number of carbonyl (C=O) groups is 1. The molecule has 9 heteroatoms. The van der Waals surface area contributed by atoms with E-state index in [4.69, 9.17) is 0 Å². The zero-order valence-electron chi connectivity index (χ0n) is 20.5. The number of aryl methyl sites for hydroxylation is 2. The number of anilines is 1. The van der Waals surface area contributed by atoms with Crippen LogP contribution in [0.2, 0.25) is 0 Å². The predicted molar refractivity (Wildman–Crippen MR) is 135 cm³/mol. The van der Waals surface area contributed by atoms with Gasteiger partial charge in [-0.3, -0.25) is 9.69 Å². The number of nitrogens with one attached hydrogen (secondary N) is 1. The molecule has 1 unspecified atom stereocenters. The first-order valence-electron chi connectivity index (χ1n) is 12.3. The SMILES string of the molecule is Cc1cccc(N2CCN(CCC(C)NC(=O)c3cc(S(=O)(=O)N4CCCC4)cn3C)CC2)c1. The van der Waals surface area contributed by atoms with Gasteiger partial charge in [0.2, 0.25) is 10.0 Å². The Morgan fingerprint density at radius 3 is 2.44 bits per heavy atom. The Hall–Kier alpha value is -2.36. The molecular weight excluding hydrogens is 450 g/mol. The maximum atomic E-state index is 12.9. The quantitative estimate of drug-likeness (QED) is 0.619. The van der Waals surface area contributed by atoms with Crippen molar-refractivity contribution < 1.29 is 13.2 Å². The number of carbonyl (C=O) groups excluding carboxylic acids is 1. The van der Waals surface area contributed by atoms with E-state index in [0.29, 0.717) is 18.8 Å². The Kier molecular flexibility index (Phi) is 7.64. The molecular formula is C25H37N5O3S. The van der Waals surface area contributed by atoms with E-state index in [2.05, 4.69) is 46.3 Å². The molecule has 0 bridgehead atoms. The van der Waals surface area contributed by atoms with Gasteiger partial charge in [-0.2, -0.15) is 4.31 Å². The number of hydrogen-bond acceptors (Lipinski definition) is 5. The van der Waals surface area contributed by atoms with Crippen LogP contribution < -0.4 is 10.2 Å². The van der Waals surface area contributed by atoms with Crippen molar-refractivity contribution in [3.8, 4) is 0 Å². The van der Waals surface area contributed by atoms with Crippen molar-refractivity contribution in [3.05, 3.63) is 47.8 Å². The van der Waals surface area contributed by atoms with E-state index in [9.17, 15) is 13.2 Å². The Balaban J connectivity index is 1.26. The molecule has 1 atom stereocenters. The van der Waals surface area contributed by atoms with Gasteiger partial charge in [-0.05, 0) is 56.9 Å². The second-order valence-electron chi connectivity index (χ2n) is 9.61. The van der Waals surface area contributed by atoms with Crippen molar-refractivity contribution in [2.45, 2.75) is 44.0 Å². The lowest BCUT2D eigenvalue weighted by Crippen LogP contribution is -2.47. The third-order valence-electron chi connectivity index (χ3n) is 6.91. The maximum Gasteiger partial charge on any atom is 0.268 e. The molecule has 34 heavy (non-hydrogen) atoms. The van der Waals surface area contributed by atoms with E-state index in [1.54, 1.807) is 17.8 Å². The number of amides is 1. The average Bonchev–Trinajstić information content (AvgIpc) is 3.49. The van der Waals surface area contributed by atoms with Crippen molar-refractivity contribution in [3.63, 3.8) is 0 Å². The van der Waals surface area contributed by atoms with Crippen molar-refractivity contribution in [1.82, 2.24) is 19.1 Å². The largest absolute Gasteiger partial charge is 0.369 e. The van der Waals surface area contributed by atoms with Gasteiger partial charge in [0.15, 0.2) is 0 Å². The highest BCUT2D eigenvalue weighted by Gasteiger charge is 2.29. The molecule has 1 aromatic heterocycles. The van der Waals surface area contributed by atoms with Gasteiger partial charge in [-0.15, -0.1) is 0 Å². The topological polar surface area (TPSA) is 77.9 Å². The second-order valence-corrected chi connectivity index (χ2v) is 11.6. The van der Waals surface area contributed by atoms with Crippen LogP contribution in [0.4, 0.5) is 5.69 Å². The summed E-state index contributed by atoms with van der Waals surface area (Å²) in [5, 5.41) is 3.05. The lowest BCUT2D eigenvalue weighted by Gasteiger charge is -2.36. The third kappa shape index (κ3) is 5.64. The highest BCUT2D eigenvalue weighted by molar-refractivity contribution is 7.89. The molecule has 0 spiro atoms. The minimum atomic E-state index is -3.53. The van der Waals surface area contributed by atoms with Gasteiger partial charge in [0, 0.05) is 70.8 Å². The van der Waals surface area contributed by atoms with Crippen LogP contribution in [-0.2, 0) is 17.1 Å². The zero-order chi connectivity index (χ0) is 24.3. The van der Waals surface area contributed by atoms with Gasteiger partial charge < -0.3 is 14.8 Å². The molecule has 0 saturated carbocycles. The van der Waals surface area contributed by atoms with Crippen LogP contribution in [0.3, 0.4) is 0 Å². The molecule has 0 radical (unpaired) electrons. The summed E-state index contributed by atoms with van der Waals surface area (Å²) < 4.78 is 28.8. The first-order valence-corrected chi connectivity index (χ1v) is 13.7. The molecule has 2 fully saturated rings. The van der Waals surface area contributed by atoms with E-state index in [1.165, 1.54) is 21.6 Å². The standard InChI is InChI=1S/C25H37N5O3S/c1-20-7-6-8-22(17-20)29-15-13-28(14-16-29)12-9-21(2)26-25(31)24-18-23(19-27(24)3)34(32,33)30-10-4-5-11-30/h6-8,17-19,21H,4-5,9-16H2,1-3H3,(H,26,31). The molecule has 2 aliphatic heterocycles. The molecule has 2 aromatic rings. The summed E-state index contributed by atoms with van der Waals surface area (Å²) in [5.41, 5.74) is 2.94. The highest BCUT2D eigenvalue weighted by Crippen LogP contribution is 2.23. The van der Waals surface area contributed by atoms with Crippen molar-refractivity contribution in [1.29, 1.82) is 0 Å². The summed E-state index contributed by atoms with van der Waals surface area (Å²) >= 11 is 0. The predicted octanol–water partition coefficient (Wildman–Crippen LogP) is 2.45. The normalized spacial score (nSPS) is 18.9. The summed E-state index contributed by atoms with van der Waals surface area (Å²) in [6.45, 7) is 10.2. The van der Waals surface area contributed by atoms with Crippen LogP contribution in [0.1, 0.15) is 42.2 Å². The Morgan fingerprint density at radius 2 is 1.76 bits per heavy atom. The number of piperazine rings is 1. The number of benzene rings is 1. The van der Waals surface area contributed by atoms with Crippen LogP contribution in [0.25, 0.3) is 0 Å². The third-order valence-corrected chi connectivity index (χ3v) is 8.77. The molecule has 2 saturated heterocycles. The number of sulfonamides is 1. The lowest BCUT2D eigenvalue weighted by molar-refractivity contribution is 0.0927. The first kappa shape index (κ1) is 24.8. The monoisotopic (exact) mass is 487 g/mol. The average molecular weight is 488 g/mol. The minimum absolute atomic E-state index is 0.00385. The van der Waals surface area contributed by atoms with Gasteiger partial charge in [-0.25, -0.2) is 8.42 Å². The fraction of sp³-hybridized carbons (Fsp3) is 0.560. The van der Waals surface area contributed by atoms with E-state index < -0.39 is 10.0 Å². The minimum Gasteiger partial charge on any atom is -0.369 e. The van der Waals surface area contributed by atoms with Gasteiger partial charge in [0.1, 0.15) is 10.6 Å². The van der Waals surface area contributed by atoms with E-state index >= 15 is 0 Å². The van der Waals surface area contributed by atoms with Crippen LogP contribution >= 0.6 is 0 Å². The summed E-state index contributed by atoms with van der Waals surface area (Å²) in [7, 11) is -1.81. The number of rotatable bonds is 8. The first-order chi connectivity index (χ1) is 16.2. The Labute approximate surface area is 203 Å². The molecule has 2 aliphatic rings. The molecule has 4 rings (SSSR count). The number of nitrogens with zero attached hydrogens (tertiary/aromatic N) is 4. The highest BCUT2D eigenvalue weighted by atomic mass is 32.2. The van der Waals surface area contributed by atoms with Gasteiger partial charge >= 0.3 is 0 Å². The lowest BCUT2D eigenvalue weighted by atomic mass is 10.1. The number of hydrogen-bond donors (Lipinski definition) is 1. The molecule has 1 amide bonds. The number of aromatic nitrogens is 1. The van der Waals surface area contributed by atoms with Crippen molar-refractivity contribution >= 4 is 21.6 Å². The second kappa shape index (κ2) is 10.5. The van der Waals surface area contributed by atoms with Crippen LogP contribution in [0.5, 0.6) is 0 Å². The molecule has 186 valence electrons. The van der Waals surface area contributed by atoms with E-state index in [1.807, 2.05) is 6.92 Å². The summed E-state index contributed by atoms with van der Waals surface area (Å²) in [4.78, 5) is 17.9. The van der Waals surface area contributed by atoms with Crippen LogP contribution in [-0.4, -0.2) is 80.0 Å². The van der Waals surface area contributed by atoms with Crippen molar-refractivity contribution in [2.75, 3.05) is 50.7 Å². The Bertz CT molecular complexity index is 1100. The maximum absolute atomic E-state index is 12.9. The fourth-order valence-corrected chi connectivity index (χ4v) is 6.37. The molecule has 1 N–H and O–H groups in total. The fourth-order valence-electron chi connectivity index (χ4n) is 4.78. The summed E-state index contributed by atoms with van der Waals surface area (Å²) in [6.07, 6.45) is 4.16. The summed E-state index contributed by atoms with van der Waals surface area (Å²) in [6, 6.07) is 10.1. The zero-order valence-corrected chi connectivity index (χ0v) is 21.4. The molecule has 1 aromatic carbocycles. The van der Waals surface area contributed by atoms with Crippen LogP contribution in [0, 0.1) is 6.92 Å². The van der Waals surface area contributed by atoms with Gasteiger partial charge in [-0.1, -0.05) is 12.1 Å². The molecule has 8 nitrogen and oxygen atoms in total. The van der Waals surface area contributed by atoms with E-state index in [-0.39, 0.29) is 16.8 Å².